The molecule has 11 aromatic rings. The van der Waals surface area contributed by atoms with Crippen molar-refractivity contribution in [1.29, 1.82) is 0 Å². The van der Waals surface area contributed by atoms with Gasteiger partial charge in [0.15, 0.2) is 17.5 Å². The van der Waals surface area contributed by atoms with Crippen LogP contribution in [0.2, 0.25) is 0 Å². The van der Waals surface area contributed by atoms with Crippen LogP contribution in [0.15, 0.2) is 206 Å². The summed E-state index contributed by atoms with van der Waals surface area (Å²) in [4.78, 5) is 15.5. The van der Waals surface area contributed by atoms with Crippen molar-refractivity contribution < 1.29 is 0 Å². The van der Waals surface area contributed by atoms with Crippen LogP contribution >= 0.6 is 0 Å². The Morgan fingerprint density at radius 2 is 0.789 bits per heavy atom. The molecule has 0 fully saturated rings. The van der Waals surface area contributed by atoms with Gasteiger partial charge in [0.25, 0.3) is 0 Å². The second-order valence-corrected chi connectivity index (χ2v) is 14.4. The molecule has 0 radical (unpaired) electrons. The van der Waals surface area contributed by atoms with Gasteiger partial charge in [0.2, 0.25) is 0 Å². The van der Waals surface area contributed by atoms with Gasteiger partial charge < -0.3 is 4.57 Å². The third kappa shape index (κ3) is 5.74. The van der Waals surface area contributed by atoms with E-state index < -0.39 is 0 Å². The molecule has 0 bridgehead atoms. The minimum absolute atomic E-state index is 0.613. The van der Waals surface area contributed by atoms with Crippen molar-refractivity contribution in [2.45, 2.75) is 0 Å². The minimum atomic E-state index is 0.613. The zero-order chi connectivity index (χ0) is 37.7. The van der Waals surface area contributed by atoms with Crippen LogP contribution in [0.25, 0.3) is 105 Å². The van der Waals surface area contributed by atoms with Gasteiger partial charge in [0, 0.05) is 33.2 Å². The molecule has 2 heterocycles. The highest BCUT2D eigenvalue weighted by Gasteiger charge is 2.19. The van der Waals surface area contributed by atoms with Crippen LogP contribution in [0.1, 0.15) is 0 Å². The Morgan fingerprint density at radius 1 is 0.281 bits per heavy atom. The summed E-state index contributed by atoms with van der Waals surface area (Å²) < 4.78 is 2.41. The van der Waals surface area contributed by atoms with Gasteiger partial charge in [-0.3, -0.25) is 0 Å². The van der Waals surface area contributed by atoms with Crippen LogP contribution in [-0.4, -0.2) is 19.5 Å². The maximum absolute atomic E-state index is 5.22. The molecule has 0 saturated heterocycles. The maximum Gasteiger partial charge on any atom is 0.164 e. The van der Waals surface area contributed by atoms with Gasteiger partial charge in [-0.05, 0) is 80.2 Å². The highest BCUT2D eigenvalue weighted by Crippen LogP contribution is 2.40. The van der Waals surface area contributed by atoms with E-state index in [0.717, 1.165) is 44.5 Å². The van der Waals surface area contributed by atoms with Crippen LogP contribution in [0, 0.1) is 0 Å². The third-order valence-corrected chi connectivity index (χ3v) is 11.0. The highest BCUT2D eigenvalue weighted by atomic mass is 15.0. The summed E-state index contributed by atoms with van der Waals surface area (Å²) in [6.45, 7) is 0. The molecule has 0 atom stereocenters. The van der Waals surface area contributed by atoms with Gasteiger partial charge in [0.1, 0.15) is 0 Å². The second-order valence-electron chi connectivity index (χ2n) is 14.4. The van der Waals surface area contributed by atoms with E-state index in [1.165, 1.54) is 43.4 Å². The molecule has 0 unspecified atom stereocenters. The SMILES string of the molecule is c1ccc(-c2ccc3c4ccccc4n(-c4cc(-c5nc(-c6ccccc6)nc(-c6ccccc6)n5)cc(-c5cc6ccccc6c6ccccc56)c4)c3c2)cc1. The van der Waals surface area contributed by atoms with E-state index in [-0.39, 0.29) is 0 Å². The molecule has 0 aliphatic rings. The molecule has 11 rings (SSSR count). The van der Waals surface area contributed by atoms with E-state index in [1.807, 2.05) is 36.4 Å². The van der Waals surface area contributed by atoms with Crippen molar-refractivity contribution in [3.63, 3.8) is 0 Å². The maximum atomic E-state index is 5.22. The number of aromatic nitrogens is 4. The van der Waals surface area contributed by atoms with Crippen LogP contribution in [0.3, 0.4) is 0 Å². The molecule has 4 nitrogen and oxygen atoms in total. The topological polar surface area (TPSA) is 43.6 Å². The van der Waals surface area contributed by atoms with Gasteiger partial charge in [-0.25, -0.2) is 15.0 Å². The van der Waals surface area contributed by atoms with E-state index in [0.29, 0.717) is 17.5 Å². The molecule has 2 aromatic heterocycles. The lowest BCUT2D eigenvalue weighted by molar-refractivity contribution is 1.07. The van der Waals surface area contributed by atoms with E-state index in [2.05, 4.69) is 174 Å². The zero-order valence-electron chi connectivity index (χ0n) is 30.9. The Kier molecular flexibility index (Phi) is 7.78. The van der Waals surface area contributed by atoms with Gasteiger partial charge in [-0.2, -0.15) is 0 Å². The molecule has 266 valence electrons. The summed E-state index contributed by atoms with van der Waals surface area (Å²) in [6, 6.07) is 73.0. The fourth-order valence-electron chi connectivity index (χ4n) is 8.31. The highest BCUT2D eigenvalue weighted by molar-refractivity contribution is 6.14. The van der Waals surface area contributed by atoms with Gasteiger partial charge in [0.05, 0.1) is 11.0 Å². The number of rotatable bonds is 6. The lowest BCUT2D eigenvalue weighted by atomic mass is 9.92. The summed E-state index contributed by atoms with van der Waals surface area (Å²) in [5, 5.41) is 7.25. The standard InChI is InChI=1S/C53H34N4/c1-4-16-35(17-5-1)38-28-29-47-46-26-14-15-27-49(46)57(50(47)34-38)42-31-40(48-33-39-22-10-11-23-43(39)44-24-12-13-25-45(44)48)30-41(32-42)53-55-51(36-18-6-2-7-19-36)54-52(56-53)37-20-8-3-9-21-37/h1-34H. The fourth-order valence-corrected chi connectivity index (χ4v) is 8.31. The van der Waals surface area contributed by atoms with E-state index in [4.69, 9.17) is 15.0 Å². The molecule has 0 aliphatic carbocycles. The predicted molar refractivity (Wildman–Crippen MR) is 236 cm³/mol. The van der Waals surface area contributed by atoms with Crippen molar-refractivity contribution in [1.82, 2.24) is 19.5 Å². The van der Waals surface area contributed by atoms with Gasteiger partial charge >= 0.3 is 0 Å². The first-order chi connectivity index (χ1) is 28.2. The van der Waals surface area contributed by atoms with Crippen LogP contribution in [0.5, 0.6) is 0 Å². The quantitative estimate of drug-likeness (QED) is 0.160. The molecular formula is C53H34N4. The van der Waals surface area contributed by atoms with Crippen LogP contribution in [-0.2, 0) is 0 Å². The lowest BCUT2D eigenvalue weighted by Gasteiger charge is -2.16. The number of benzene rings is 9. The minimum Gasteiger partial charge on any atom is -0.309 e. The molecular weight excluding hydrogens is 693 g/mol. The summed E-state index contributed by atoms with van der Waals surface area (Å²) in [5.41, 5.74) is 10.7. The first-order valence-corrected chi connectivity index (χ1v) is 19.3. The average Bonchev–Trinajstić information content (AvgIpc) is 3.63. The van der Waals surface area contributed by atoms with E-state index >= 15 is 0 Å². The monoisotopic (exact) mass is 726 g/mol. The summed E-state index contributed by atoms with van der Waals surface area (Å²) in [6.07, 6.45) is 0. The van der Waals surface area contributed by atoms with E-state index in [1.54, 1.807) is 0 Å². The Balaban J connectivity index is 1.23. The van der Waals surface area contributed by atoms with E-state index in [9.17, 15) is 0 Å². The Morgan fingerprint density at radius 3 is 1.47 bits per heavy atom. The smallest absolute Gasteiger partial charge is 0.164 e. The summed E-state index contributed by atoms with van der Waals surface area (Å²) >= 11 is 0. The Labute approximate surface area is 330 Å². The van der Waals surface area contributed by atoms with Gasteiger partial charge in [-0.1, -0.05) is 170 Å². The number of nitrogens with zero attached hydrogens (tertiary/aromatic N) is 4. The number of hydrogen-bond acceptors (Lipinski definition) is 3. The molecule has 0 spiro atoms. The van der Waals surface area contributed by atoms with Crippen molar-refractivity contribution in [3.05, 3.63) is 206 Å². The summed E-state index contributed by atoms with van der Waals surface area (Å²) in [5.74, 6) is 1.88. The Bertz CT molecular complexity index is 3220. The largest absolute Gasteiger partial charge is 0.309 e. The third-order valence-electron chi connectivity index (χ3n) is 11.0. The van der Waals surface area contributed by atoms with Crippen molar-refractivity contribution in [3.8, 4) is 62.1 Å². The Hall–Kier alpha value is -7.69. The molecule has 0 amide bonds. The number of hydrogen-bond donors (Lipinski definition) is 0. The number of para-hydroxylation sites is 1. The zero-order valence-corrected chi connectivity index (χ0v) is 30.9. The lowest BCUT2D eigenvalue weighted by Crippen LogP contribution is -2.02. The first kappa shape index (κ1) is 32.7. The molecule has 9 aromatic carbocycles. The predicted octanol–water partition coefficient (Wildman–Crippen LogP) is 13.6. The molecule has 0 N–H and O–H groups in total. The van der Waals surface area contributed by atoms with Crippen molar-refractivity contribution >= 4 is 43.4 Å². The van der Waals surface area contributed by atoms with Crippen molar-refractivity contribution in [2.75, 3.05) is 0 Å². The van der Waals surface area contributed by atoms with Gasteiger partial charge in [-0.15, -0.1) is 0 Å². The van der Waals surface area contributed by atoms with Crippen molar-refractivity contribution in [2.24, 2.45) is 0 Å². The average molecular weight is 727 g/mol. The van der Waals surface area contributed by atoms with Crippen LogP contribution < -0.4 is 0 Å². The second kappa shape index (κ2) is 13.6. The summed E-state index contributed by atoms with van der Waals surface area (Å²) in [7, 11) is 0. The molecule has 57 heavy (non-hydrogen) atoms. The van der Waals surface area contributed by atoms with Crippen LogP contribution in [0.4, 0.5) is 0 Å². The molecule has 0 aliphatic heterocycles. The fraction of sp³-hybridized carbons (Fsp3) is 0. The first-order valence-electron chi connectivity index (χ1n) is 19.3. The normalized spacial score (nSPS) is 11.5. The molecule has 0 saturated carbocycles. The molecule has 4 heteroatoms. The number of fused-ring (bicyclic) bond motifs is 6.